The van der Waals surface area contributed by atoms with Gasteiger partial charge in [0.15, 0.2) is 0 Å². The lowest BCUT2D eigenvalue weighted by Crippen LogP contribution is -2.12. The van der Waals surface area contributed by atoms with Crippen molar-refractivity contribution in [2.24, 2.45) is 0 Å². The van der Waals surface area contributed by atoms with Crippen LogP contribution in [0.4, 0.5) is 11.4 Å². The number of aromatic amines is 1. The first-order valence-corrected chi connectivity index (χ1v) is 6.72. The number of hydrogen-bond donors (Lipinski definition) is 2. The number of anilines is 1. The highest BCUT2D eigenvalue weighted by atomic mass is 35.5. The number of rotatable bonds is 4. The number of non-ortho nitro benzene ring substituents is 1. The van der Waals surface area contributed by atoms with Crippen molar-refractivity contribution < 1.29 is 13.3 Å². The zero-order chi connectivity index (χ0) is 14.0. The van der Waals surface area contributed by atoms with Crippen LogP contribution in [-0.2, 0) is 10.0 Å². The van der Waals surface area contributed by atoms with Gasteiger partial charge < -0.3 is 0 Å². The first-order valence-electron chi connectivity index (χ1n) is 4.86. The molecule has 0 atom stereocenters. The molecule has 1 aromatic carbocycles. The summed E-state index contributed by atoms with van der Waals surface area (Å²) in [6, 6.07) is 3.46. The lowest BCUT2D eigenvalue weighted by Gasteiger charge is -2.07. The Bertz CT molecular complexity index is 714. The topological polar surface area (TPSA) is 118 Å². The maximum absolute atomic E-state index is 11.9. The van der Waals surface area contributed by atoms with Crippen LogP contribution in [0.5, 0.6) is 0 Å². The molecule has 0 radical (unpaired) electrons. The Kier molecular flexibility index (Phi) is 3.40. The van der Waals surface area contributed by atoms with Gasteiger partial charge in [0.1, 0.15) is 4.90 Å². The smallest absolute Gasteiger partial charge is 0.271 e. The number of nitro groups is 1. The molecule has 0 bridgehead atoms. The highest BCUT2D eigenvalue weighted by Gasteiger charge is 2.18. The van der Waals surface area contributed by atoms with Crippen LogP contribution in [0.15, 0.2) is 35.5 Å². The number of nitro benzene ring substituents is 1. The summed E-state index contributed by atoms with van der Waals surface area (Å²) >= 11 is 5.80. The van der Waals surface area contributed by atoms with Crippen molar-refractivity contribution in [3.05, 3.63) is 45.7 Å². The zero-order valence-electron chi connectivity index (χ0n) is 9.20. The van der Waals surface area contributed by atoms with Crippen LogP contribution in [0.1, 0.15) is 0 Å². The second-order valence-electron chi connectivity index (χ2n) is 3.46. The molecule has 0 unspecified atom stereocenters. The first kappa shape index (κ1) is 13.3. The normalized spacial score (nSPS) is 11.2. The number of sulfonamides is 1. The molecule has 1 heterocycles. The number of nitrogens with zero attached hydrogens (tertiary/aromatic N) is 2. The van der Waals surface area contributed by atoms with Gasteiger partial charge in [-0.25, -0.2) is 8.42 Å². The van der Waals surface area contributed by atoms with Gasteiger partial charge in [-0.2, -0.15) is 5.10 Å². The van der Waals surface area contributed by atoms with Crippen molar-refractivity contribution >= 4 is 33.0 Å². The molecule has 2 N–H and O–H groups in total. The maximum atomic E-state index is 11.9. The molecule has 2 rings (SSSR count). The largest absolute Gasteiger partial charge is 0.284 e. The van der Waals surface area contributed by atoms with E-state index in [9.17, 15) is 18.5 Å². The van der Waals surface area contributed by atoms with Crippen molar-refractivity contribution in [3.8, 4) is 0 Å². The van der Waals surface area contributed by atoms with Crippen LogP contribution >= 0.6 is 11.6 Å². The van der Waals surface area contributed by atoms with Crippen LogP contribution < -0.4 is 4.72 Å². The van der Waals surface area contributed by atoms with E-state index in [0.717, 1.165) is 12.3 Å². The Labute approximate surface area is 112 Å². The SMILES string of the molecule is O=[N+]([O-])c1ccc(Cl)c(NS(=O)(=O)c2cn[nH]c2)c1. The van der Waals surface area contributed by atoms with E-state index in [-0.39, 0.29) is 21.3 Å². The molecule has 0 spiro atoms. The van der Waals surface area contributed by atoms with E-state index in [0.29, 0.717) is 0 Å². The van der Waals surface area contributed by atoms with Gasteiger partial charge in [0.05, 0.1) is 21.8 Å². The van der Waals surface area contributed by atoms with E-state index in [2.05, 4.69) is 14.9 Å². The van der Waals surface area contributed by atoms with Crippen LogP contribution in [0.25, 0.3) is 0 Å². The van der Waals surface area contributed by atoms with Gasteiger partial charge in [0, 0.05) is 18.3 Å². The molecule has 100 valence electrons. The number of hydrogen-bond acceptors (Lipinski definition) is 5. The molecule has 19 heavy (non-hydrogen) atoms. The number of aromatic nitrogens is 2. The third-order valence-corrected chi connectivity index (χ3v) is 3.85. The summed E-state index contributed by atoms with van der Waals surface area (Å²) in [4.78, 5) is 9.88. The third kappa shape index (κ3) is 2.83. The Morgan fingerprint density at radius 1 is 1.42 bits per heavy atom. The standard InChI is InChI=1S/C9H7ClN4O4S/c10-8-2-1-6(14(15)16)3-9(8)13-19(17,18)7-4-11-12-5-7/h1-5,13H,(H,11,12). The Hall–Kier alpha value is -2.13. The lowest BCUT2D eigenvalue weighted by molar-refractivity contribution is -0.384. The summed E-state index contributed by atoms with van der Waals surface area (Å²) in [6.45, 7) is 0. The maximum Gasteiger partial charge on any atom is 0.271 e. The summed E-state index contributed by atoms with van der Waals surface area (Å²) in [7, 11) is -3.89. The van der Waals surface area contributed by atoms with Crippen LogP contribution in [0.3, 0.4) is 0 Å². The quantitative estimate of drug-likeness (QED) is 0.659. The minimum atomic E-state index is -3.89. The van der Waals surface area contributed by atoms with E-state index >= 15 is 0 Å². The number of H-pyrrole nitrogens is 1. The summed E-state index contributed by atoms with van der Waals surface area (Å²) in [5, 5.41) is 16.6. The van der Waals surface area contributed by atoms with E-state index in [4.69, 9.17) is 11.6 Å². The molecule has 0 amide bonds. The Balaban J connectivity index is 2.39. The van der Waals surface area contributed by atoms with Crippen molar-refractivity contribution in [1.82, 2.24) is 10.2 Å². The second-order valence-corrected chi connectivity index (χ2v) is 5.55. The van der Waals surface area contributed by atoms with Gasteiger partial charge in [-0.05, 0) is 6.07 Å². The third-order valence-electron chi connectivity index (χ3n) is 2.19. The number of halogens is 1. The highest BCUT2D eigenvalue weighted by Crippen LogP contribution is 2.28. The monoisotopic (exact) mass is 302 g/mol. The van der Waals surface area contributed by atoms with Crippen molar-refractivity contribution in [2.75, 3.05) is 4.72 Å². The number of benzene rings is 1. The Morgan fingerprint density at radius 3 is 2.74 bits per heavy atom. The van der Waals surface area contributed by atoms with Gasteiger partial charge in [-0.15, -0.1) is 0 Å². The molecule has 0 aliphatic rings. The molecular weight excluding hydrogens is 296 g/mol. The lowest BCUT2D eigenvalue weighted by atomic mass is 10.3. The van der Waals surface area contributed by atoms with Crippen molar-refractivity contribution in [2.45, 2.75) is 4.90 Å². The molecule has 0 saturated carbocycles. The summed E-state index contributed by atoms with van der Waals surface area (Å²) < 4.78 is 26.0. The summed E-state index contributed by atoms with van der Waals surface area (Å²) in [5.41, 5.74) is -0.341. The first-order chi connectivity index (χ1) is 8.90. The van der Waals surface area contributed by atoms with Gasteiger partial charge in [-0.1, -0.05) is 11.6 Å². The molecule has 10 heteroatoms. The van der Waals surface area contributed by atoms with Gasteiger partial charge in [0.2, 0.25) is 0 Å². The molecule has 0 aliphatic heterocycles. The van der Waals surface area contributed by atoms with E-state index in [1.54, 1.807) is 0 Å². The average Bonchev–Trinajstić information content (AvgIpc) is 2.85. The summed E-state index contributed by atoms with van der Waals surface area (Å²) in [6.07, 6.45) is 2.28. The fourth-order valence-electron chi connectivity index (χ4n) is 1.29. The predicted octanol–water partition coefficient (Wildman–Crippen LogP) is 1.77. The molecule has 2 aromatic rings. The van der Waals surface area contributed by atoms with Crippen molar-refractivity contribution in [3.63, 3.8) is 0 Å². The zero-order valence-corrected chi connectivity index (χ0v) is 10.8. The molecule has 0 aliphatic carbocycles. The average molecular weight is 303 g/mol. The minimum absolute atomic E-state index is 0.0534. The van der Waals surface area contributed by atoms with Crippen LogP contribution in [0, 0.1) is 10.1 Å². The van der Waals surface area contributed by atoms with E-state index in [1.807, 2.05) is 0 Å². The Morgan fingerprint density at radius 2 is 2.16 bits per heavy atom. The predicted molar refractivity (Wildman–Crippen MR) is 67.5 cm³/mol. The van der Waals surface area contributed by atoms with Crippen LogP contribution in [-0.4, -0.2) is 23.5 Å². The molecule has 0 fully saturated rings. The highest BCUT2D eigenvalue weighted by molar-refractivity contribution is 7.92. The summed E-state index contributed by atoms with van der Waals surface area (Å²) in [5.74, 6) is 0. The molecule has 1 aromatic heterocycles. The molecule has 0 saturated heterocycles. The van der Waals surface area contributed by atoms with Gasteiger partial charge >= 0.3 is 0 Å². The fraction of sp³-hybridized carbons (Fsp3) is 0. The second kappa shape index (κ2) is 4.86. The van der Waals surface area contributed by atoms with Gasteiger partial charge in [0.25, 0.3) is 15.7 Å². The van der Waals surface area contributed by atoms with Gasteiger partial charge in [-0.3, -0.25) is 19.9 Å². The molecular formula is C9H7ClN4O4S. The molecule has 8 nitrogen and oxygen atoms in total. The fourth-order valence-corrected chi connectivity index (χ4v) is 2.49. The van der Waals surface area contributed by atoms with E-state index < -0.39 is 14.9 Å². The minimum Gasteiger partial charge on any atom is -0.284 e. The van der Waals surface area contributed by atoms with E-state index in [1.165, 1.54) is 18.3 Å². The number of nitrogens with one attached hydrogen (secondary N) is 2. The van der Waals surface area contributed by atoms with Crippen molar-refractivity contribution in [1.29, 1.82) is 0 Å². The van der Waals surface area contributed by atoms with Crippen LogP contribution in [0.2, 0.25) is 5.02 Å².